The Morgan fingerprint density at radius 2 is 2.04 bits per heavy atom. The number of hydrogen-bond donors (Lipinski definition) is 2. The van der Waals surface area contributed by atoms with E-state index in [2.05, 4.69) is 20.6 Å². The fourth-order valence-electron chi connectivity index (χ4n) is 2.09. The number of nitrogens with one attached hydrogen (secondary N) is 2. The first-order valence-electron chi connectivity index (χ1n) is 7.03. The normalized spacial score (nSPS) is 16.8. The van der Waals surface area contributed by atoms with Gasteiger partial charge in [-0.15, -0.1) is 35.3 Å². The highest BCUT2D eigenvalue weighted by Crippen LogP contribution is 2.29. The zero-order chi connectivity index (χ0) is 16.0. The number of halogens is 4. The molecule has 0 unspecified atom stereocenters. The lowest BCUT2D eigenvalue weighted by molar-refractivity contribution is -0.140. The van der Waals surface area contributed by atoms with Crippen molar-refractivity contribution in [3.8, 4) is 0 Å². The Balaban J connectivity index is 0.00000264. The number of alkyl halides is 3. The van der Waals surface area contributed by atoms with Gasteiger partial charge in [-0.2, -0.15) is 24.9 Å². The molecule has 0 saturated carbocycles. The van der Waals surface area contributed by atoms with Crippen molar-refractivity contribution in [1.82, 2.24) is 15.6 Å². The SMILES string of the molecule is CN=C(NCc1nc(C(F)(F)F)cs1)NCC1CCSCC1.I. The quantitative estimate of drug-likeness (QED) is 0.393. The number of rotatable bonds is 4. The van der Waals surface area contributed by atoms with Crippen LogP contribution in [0.1, 0.15) is 23.5 Å². The summed E-state index contributed by atoms with van der Waals surface area (Å²) in [5.74, 6) is 3.62. The van der Waals surface area contributed by atoms with Gasteiger partial charge in [-0.25, -0.2) is 4.98 Å². The van der Waals surface area contributed by atoms with Crippen LogP contribution in [0.2, 0.25) is 0 Å². The molecule has 0 amide bonds. The van der Waals surface area contributed by atoms with Crippen LogP contribution in [0.5, 0.6) is 0 Å². The van der Waals surface area contributed by atoms with Crippen LogP contribution < -0.4 is 10.6 Å². The highest BCUT2D eigenvalue weighted by atomic mass is 127. The molecule has 1 aliphatic heterocycles. The first-order valence-corrected chi connectivity index (χ1v) is 9.06. The molecule has 1 aromatic heterocycles. The number of guanidine groups is 1. The van der Waals surface area contributed by atoms with Crippen molar-refractivity contribution in [2.24, 2.45) is 10.9 Å². The largest absolute Gasteiger partial charge is 0.434 e. The Hall–Kier alpha value is -0.230. The number of hydrogen-bond acceptors (Lipinski definition) is 4. The monoisotopic (exact) mass is 480 g/mol. The maximum Gasteiger partial charge on any atom is 0.434 e. The van der Waals surface area contributed by atoms with Crippen molar-refractivity contribution in [2.75, 3.05) is 25.1 Å². The molecule has 23 heavy (non-hydrogen) atoms. The minimum Gasteiger partial charge on any atom is -0.356 e. The van der Waals surface area contributed by atoms with Crippen molar-refractivity contribution >= 4 is 53.0 Å². The summed E-state index contributed by atoms with van der Waals surface area (Å²) in [5, 5.41) is 7.66. The van der Waals surface area contributed by atoms with E-state index in [4.69, 9.17) is 0 Å². The van der Waals surface area contributed by atoms with Crippen molar-refractivity contribution < 1.29 is 13.2 Å². The predicted molar refractivity (Wildman–Crippen MR) is 101 cm³/mol. The summed E-state index contributed by atoms with van der Waals surface area (Å²) in [6.45, 7) is 1.08. The van der Waals surface area contributed by atoms with Gasteiger partial charge >= 0.3 is 6.18 Å². The van der Waals surface area contributed by atoms with Gasteiger partial charge in [0.1, 0.15) is 5.01 Å². The number of aliphatic imine (C=N–C) groups is 1. The molecule has 10 heteroatoms. The Morgan fingerprint density at radius 3 is 2.61 bits per heavy atom. The summed E-state index contributed by atoms with van der Waals surface area (Å²) in [6, 6.07) is 0. The maximum atomic E-state index is 12.5. The van der Waals surface area contributed by atoms with Crippen molar-refractivity contribution in [1.29, 1.82) is 0 Å². The van der Waals surface area contributed by atoms with Crippen LogP contribution >= 0.6 is 47.1 Å². The third kappa shape index (κ3) is 7.04. The van der Waals surface area contributed by atoms with Crippen LogP contribution in [-0.4, -0.2) is 36.0 Å². The van der Waals surface area contributed by atoms with Gasteiger partial charge in [-0.1, -0.05) is 0 Å². The molecule has 2 N–H and O–H groups in total. The summed E-state index contributed by atoms with van der Waals surface area (Å²) >= 11 is 2.97. The number of nitrogens with zero attached hydrogens (tertiary/aromatic N) is 2. The second kappa shape index (κ2) is 9.92. The van der Waals surface area contributed by atoms with E-state index in [0.29, 0.717) is 16.9 Å². The Morgan fingerprint density at radius 1 is 1.35 bits per heavy atom. The smallest absolute Gasteiger partial charge is 0.356 e. The minimum absolute atomic E-state index is 0. The lowest BCUT2D eigenvalue weighted by atomic mass is 10.0. The molecule has 2 heterocycles. The van der Waals surface area contributed by atoms with E-state index in [1.165, 1.54) is 24.3 Å². The van der Waals surface area contributed by atoms with Crippen molar-refractivity contribution in [3.05, 3.63) is 16.1 Å². The zero-order valence-corrected chi connectivity index (χ0v) is 16.6. The highest BCUT2D eigenvalue weighted by molar-refractivity contribution is 14.0. The topological polar surface area (TPSA) is 49.3 Å². The van der Waals surface area contributed by atoms with Gasteiger partial charge in [0, 0.05) is 19.0 Å². The van der Waals surface area contributed by atoms with Gasteiger partial charge in [-0.3, -0.25) is 4.99 Å². The fraction of sp³-hybridized carbons (Fsp3) is 0.692. The fourth-order valence-corrected chi connectivity index (χ4v) is 4.04. The molecule has 1 fully saturated rings. The van der Waals surface area contributed by atoms with Crippen molar-refractivity contribution in [2.45, 2.75) is 25.6 Å². The predicted octanol–water partition coefficient (Wildman–Crippen LogP) is 3.59. The first-order chi connectivity index (χ1) is 10.5. The van der Waals surface area contributed by atoms with Gasteiger partial charge in [0.15, 0.2) is 11.7 Å². The number of aromatic nitrogens is 1. The molecule has 0 atom stereocenters. The van der Waals surface area contributed by atoms with E-state index in [1.54, 1.807) is 7.05 Å². The average Bonchev–Trinajstić information content (AvgIpc) is 2.97. The lowest BCUT2D eigenvalue weighted by Crippen LogP contribution is -2.40. The third-order valence-electron chi connectivity index (χ3n) is 3.37. The molecule has 132 valence electrons. The standard InChI is InChI=1S/C13H19F3N4S2.HI/c1-17-12(18-6-9-2-4-21-5-3-9)19-7-11-20-10(8-22-11)13(14,15)16;/h8-9H,2-7H2,1H3,(H2,17,18,19);1H. The van der Waals surface area contributed by atoms with E-state index < -0.39 is 11.9 Å². The van der Waals surface area contributed by atoms with E-state index in [0.717, 1.165) is 23.3 Å². The molecule has 0 radical (unpaired) electrons. The highest BCUT2D eigenvalue weighted by Gasteiger charge is 2.33. The van der Waals surface area contributed by atoms with Crippen LogP contribution in [0.3, 0.4) is 0 Å². The van der Waals surface area contributed by atoms with Gasteiger partial charge in [-0.05, 0) is 30.3 Å². The Kier molecular flexibility index (Phi) is 8.98. The summed E-state index contributed by atoms with van der Waals surface area (Å²) in [6.07, 6.45) is -2.00. The average molecular weight is 480 g/mol. The number of thiazole rings is 1. The second-order valence-electron chi connectivity index (χ2n) is 4.99. The van der Waals surface area contributed by atoms with Crippen LogP contribution in [0.25, 0.3) is 0 Å². The summed E-state index contributed by atoms with van der Waals surface area (Å²) < 4.78 is 37.4. The Labute approximate surface area is 159 Å². The van der Waals surface area contributed by atoms with E-state index in [-0.39, 0.29) is 30.5 Å². The van der Waals surface area contributed by atoms with Crippen molar-refractivity contribution in [3.63, 3.8) is 0 Å². The molecule has 0 aliphatic carbocycles. The lowest BCUT2D eigenvalue weighted by Gasteiger charge is -2.22. The van der Waals surface area contributed by atoms with Gasteiger partial charge in [0.25, 0.3) is 0 Å². The molecule has 1 aliphatic rings. The summed E-state index contributed by atoms with van der Waals surface area (Å²) in [5.41, 5.74) is -0.836. The Bertz CT molecular complexity index is 502. The van der Waals surface area contributed by atoms with Crippen LogP contribution in [0.15, 0.2) is 10.4 Å². The maximum absolute atomic E-state index is 12.5. The molecule has 1 saturated heterocycles. The number of thioether (sulfide) groups is 1. The first kappa shape index (κ1) is 20.8. The summed E-state index contributed by atoms with van der Waals surface area (Å²) in [7, 11) is 1.65. The zero-order valence-electron chi connectivity index (χ0n) is 12.7. The van der Waals surface area contributed by atoms with Crippen LogP contribution in [-0.2, 0) is 12.7 Å². The molecule has 2 rings (SSSR count). The summed E-state index contributed by atoms with van der Waals surface area (Å²) in [4.78, 5) is 7.67. The molecule has 0 bridgehead atoms. The van der Waals surface area contributed by atoms with Crippen LogP contribution in [0, 0.1) is 5.92 Å². The van der Waals surface area contributed by atoms with E-state index in [9.17, 15) is 13.2 Å². The second-order valence-corrected chi connectivity index (χ2v) is 7.15. The van der Waals surface area contributed by atoms with Gasteiger partial charge in [0.2, 0.25) is 0 Å². The molecular weight excluding hydrogens is 460 g/mol. The molecule has 0 aromatic carbocycles. The van der Waals surface area contributed by atoms with Gasteiger partial charge < -0.3 is 10.6 Å². The molecule has 1 aromatic rings. The van der Waals surface area contributed by atoms with E-state index >= 15 is 0 Å². The van der Waals surface area contributed by atoms with Gasteiger partial charge in [0.05, 0.1) is 6.54 Å². The van der Waals surface area contributed by atoms with Crippen LogP contribution in [0.4, 0.5) is 13.2 Å². The van der Waals surface area contributed by atoms with E-state index in [1.807, 2.05) is 11.8 Å². The molecule has 4 nitrogen and oxygen atoms in total. The molecular formula is C13H20F3IN4S2. The third-order valence-corrected chi connectivity index (χ3v) is 5.27. The minimum atomic E-state index is -4.38. The molecule has 0 spiro atoms.